The van der Waals surface area contributed by atoms with Crippen molar-refractivity contribution in [2.24, 2.45) is 0 Å². The lowest BCUT2D eigenvalue weighted by Gasteiger charge is -2.22. The van der Waals surface area contributed by atoms with Crippen LogP contribution in [0.15, 0.2) is 40.1 Å². The van der Waals surface area contributed by atoms with Gasteiger partial charge >= 0.3 is 5.69 Å². The molecule has 0 aliphatic heterocycles. The number of aromatic amines is 1. The maximum Gasteiger partial charge on any atom is 0.328 e. The van der Waals surface area contributed by atoms with Gasteiger partial charge in [0.15, 0.2) is 0 Å². The lowest BCUT2D eigenvalue weighted by atomic mass is 9.95. The molecule has 0 radical (unpaired) electrons. The smallest absolute Gasteiger partial charge is 0.328 e. The number of hydrogen-bond acceptors (Lipinski definition) is 3. The van der Waals surface area contributed by atoms with E-state index < -0.39 is 23.0 Å². The van der Waals surface area contributed by atoms with Crippen LogP contribution in [0.4, 0.5) is 4.39 Å². The van der Waals surface area contributed by atoms with Crippen molar-refractivity contribution in [3.8, 4) is 0 Å². The average molecular weight is 345 g/mol. The molecule has 1 amide bonds. The van der Waals surface area contributed by atoms with Crippen molar-refractivity contribution in [2.45, 2.75) is 44.7 Å². The van der Waals surface area contributed by atoms with Crippen LogP contribution in [0.1, 0.15) is 48.0 Å². The van der Waals surface area contributed by atoms with E-state index in [9.17, 15) is 18.8 Å². The summed E-state index contributed by atoms with van der Waals surface area (Å²) in [7, 11) is 0. The molecule has 0 unspecified atom stereocenters. The molecule has 1 fully saturated rings. The quantitative estimate of drug-likeness (QED) is 0.886. The first-order chi connectivity index (χ1) is 12.1. The molecule has 1 aromatic heterocycles. The van der Waals surface area contributed by atoms with Crippen molar-refractivity contribution in [1.29, 1.82) is 0 Å². The molecule has 25 heavy (non-hydrogen) atoms. The Kier molecular flexibility index (Phi) is 5.11. The van der Waals surface area contributed by atoms with E-state index in [1.54, 1.807) is 6.07 Å². The highest BCUT2D eigenvalue weighted by atomic mass is 19.1. The number of carbonyl (C=O) groups excluding carboxylic acids is 1. The Labute approximate surface area is 143 Å². The highest BCUT2D eigenvalue weighted by molar-refractivity contribution is 5.93. The first kappa shape index (κ1) is 17.1. The van der Waals surface area contributed by atoms with Crippen LogP contribution in [-0.2, 0) is 6.54 Å². The van der Waals surface area contributed by atoms with Gasteiger partial charge in [-0.2, -0.15) is 0 Å². The van der Waals surface area contributed by atoms with Gasteiger partial charge in [-0.05, 0) is 18.9 Å². The number of hydrogen-bond donors (Lipinski definition) is 2. The van der Waals surface area contributed by atoms with Gasteiger partial charge in [-0.3, -0.25) is 14.2 Å². The SMILES string of the molecule is O=C(NC1CCCCC1)c1c[nH]c(=O)n(Cc2ccccc2F)c1=O. The molecule has 132 valence electrons. The summed E-state index contributed by atoms with van der Waals surface area (Å²) in [6, 6.07) is 5.95. The second-order valence-electron chi connectivity index (χ2n) is 6.30. The molecule has 3 rings (SSSR count). The molecule has 1 aromatic carbocycles. The van der Waals surface area contributed by atoms with E-state index >= 15 is 0 Å². The van der Waals surface area contributed by atoms with Crippen LogP contribution in [0.2, 0.25) is 0 Å². The summed E-state index contributed by atoms with van der Waals surface area (Å²) >= 11 is 0. The molecule has 0 bridgehead atoms. The molecule has 0 saturated heterocycles. The molecule has 2 aromatic rings. The normalized spacial score (nSPS) is 15.1. The third-order valence-corrected chi connectivity index (χ3v) is 4.53. The molecule has 1 heterocycles. The number of nitrogens with zero attached hydrogens (tertiary/aromatic N) is 1. The Morgan fingerprint density at radius 3 is 2.64 bits per heavy atom. The van der Waals surface area contributed by atoms with E-state index in [0.29, 0.717) is 0 Å². The maximum atomic E-state index is 13.8. The average Bonchev–Trinajstić information content (AvgIpc) is 2.61. The van der Waals surface area contributed by atoms with Gasteiger partial charge in [-0.25, -0.2) is 9.18 Å². The summed E-state index contributed by atoms with van der Waals surface area (Å²) in [5, 5.41) is 2.85. The molecule has 0 spiro atoms. The molecule has 1 aliphatic carbocycles. The minimum atomic E-state index is -0.722. The van der Waals surface area contributed by atoms with Crippen LogP contribution >= 0.6 is 0 Å². The number of nitrogens with one attached hydrogen (secondary N) is 2. The van der Waals surface area contributed by atoms with Gasteiger partial charge in [-0.1, -0.05) is 37.5 Å². The zero-order chi connectivity index (χ0) is 17.8. The molecule has 2 N–H and O–H groups in total. The van der Waals surface area contributed by atoms with Crippen LogP contribution in [0.5, 0.6) is 0 Å². The van der Waals surface area contributed by atoms with Crippen LogP contribution in [0.3, 0.4) is 0 Å². The van der Waals surface area contributed by atoms with Gasteiger partial charge in [-0.15, -0.1) is 0 Å². The Balaban J connectivity index is 1.87. The number of H-pyrrole nitrogens is 1. The Morgan fingerprint density at radius 2 is 1.92 bits per heavy atom. The van der Waals surface area contributed by atoms with Crippen LogP contribution in [0, 0.1) is 5.82 Å². The van der Waals surface area contributed by atoms with Crippen molar-refractivity contribution in [3.05, 3.63) is 68.2 Å². The van der Waals surface area contributed by atoms with Crippen LogP contribution in [-0.4, -0.2) is 21.5 Å². The fourth-order valence-corrected chi connectivity index (χ4v) is 3.12. The fraction of sp³-hybridized carbons (Fsp3) is 0.389. The first-order valence-corrected chi connectivity index (χ1v) is 8.43. The van der Waals surface area contributed by atoms with Crippen molar-refractivity contribution < 1.29 is 9.18 Å². The predicted molar refractivity (Wildman–Crippen MR) is 91.2 cm³/mol. The second kappa shape index (κ2) is 7.46. The molecular weight excluding hydrogens is 325 g/mol. The van der Waals surface area contributed by atoms with Crippen molar-refractivity contribution in [1.82, 2.24) is 14.9 Å². The van der Waals surface area contributed by atoms with E-state index in [1.165, 1.54) is 18.2 Å². The van der Waals surface area contributed by atoms with Crippen molar-refractivity contribution in [3.63, 3.8) is 0 Å². The summed E-state index contributed by atoms with van der Waals surface area (Å²) in [4.78, 5) is 39.3. The maximum absolute atomic E-state index is 13.8. The summed E-state index contributed by atoms with van der Waals surface area (Å²) in [5.74, 6) is -1.01. The van der Waals surface area contributed by atoms with Gasteiger partial charge < -0.3 is 10.3 Å². The Hall–Kier alpha value is -2.70. The van der Waals surface area contributed by atoms with E-state index in [1.807, 2.05) is 0 Å². The highest BCUT2D eigenvalue weighted by Crippen LogP contribution is 2.17. The third kappa shape index (κ3) is 3.87. The van der Waals surface area contributed by atoms with E-state index in [0.717, 1.165) is 42.9 Å². The lowest BCUT2D eigenvalue weighted by molar-refractivity contribution is 0.0925. The number of amides is 1. The van der Waals surface area contributed by atoms with Crippen molar-refractivity contribution in [2.75, 3.05) is 0 Å². The standard InChI is InChI=1S/C18H20FN3O3/c19-15-9-5-4-6-12(15)11-22-17(24)14(10-20-18(22)25)16(23)21-13-7-2-1-3-8-13/h4-6,9-10,13H,1-3,7-8,11H2,(H,20,25)(H,21,23). The summed E-state index contributed by atoms with van der Waals surface area (Å²) < 4.78 is 14.6. The van der Waals surface area contributed by atoms with Crippen LogP contribution in [0.25, 0.3) is 0 Å². The number of halogens is 1. The van der Waals surface area contributed by atoms with Gasteiger partial charge in [0.1, 0.15) is 11.4 Å². The second-order valence-corrected chi connectivity index (χ2v) is 6.30. The largest absolute Gasteiger partial charge is 0.349 e. The third-order valence-electron chi connectivity index (χ3n) is 4.53. The number of benzene rings is 1. The van der Waals surface area contributed by atoms with E-state index in [4.69, 9.17) is 0 Å². The summed E-state index contributed by atoms with van der Waals surface area (Å²) in [5.41, 5.74) is -1.33. The lowest BCUT2D eigenvalue weighted by Crippen LogP contribution is -2.43. The minimum Gasteiger partial charge on any atom is -0.349 e. The summed E-state index contributed by atoms with van der Waals surface area (Å²) in [6.07, 6.45) is 6.15. The van der Waals surface area contributed by atoms with E-state index in [-0.39, 0.29) is 23.7 Å². The molecular formula is C18H20FN3O3. The number of rotatable bonds is 4. The number of aromatic nitrogens is 2. The molecule has 1 saturated carbocycles. The molecule has 0 atom stereocenters. The topological polar surface area (TPSA) is 84.0 Å². The predicted octanol–water partition coefficient (Wildman–Crippen LogP) is 1.79. The van der Waals surface area contributed by atoms with Gasteiger partial charge in [0.2, 0.25) is 0 Å². The van der Waals surface area contributed by atoms with Gasteiger partial charge in [0.25, 0.3) is 11.5 Å². The van der Waals surface area contributed by atoms with Crippen molar-refractivity contribution >= 4 is 5.91 Å². The van der Waals surface area contributed by atoms with Gasteiger partial charge in [0, 0.05) is 17.8 Å². The molecule has 7 heteroatoms. The zero-order valence-corrected chi connectivity index (χ0v) is 13.8. The monoisotopic (exact) mass is 345 g/mol. The number of carbonyl (C=O) groups is 1. The Bertz CT molecular complexity index is 882. The zero-order valence-electron chi connectivity index (χ0n) is 13.8. The fourth-order valence-electron chi connectivity index (χ4n) is 3.12. The molecule has 6 nitrogen and oxygen atoms in total. The van der Waals surface area contributed by atoms with Crippen LogP contribution < -0.4 is 16.6 Å². The minimum absolute atomic E-state index is 0.0487. The van der Waals surface area contributed by atoms with Gasteiger partial charge in [0.05, 0.1) is 6.54 Å². The highest BCUT2D eigenvalue weighted by Gasteiger charge is 2.20. The first-order valence-electron chi connectivity index (χ1n) is 8.43. The molecule has 1 aliphatic rings. The van der Waals surface area contributed by atoms with E-state index in [2.05, 4.69) is 10.3 Å². The Morgan fingerprint density at radius 1 is 1.20 bits per heavy atom. The summed E-state index contributed by atoms with van der Waals surface area (Å²) in [6.45, 7) is -0.231.